The van der Waals surface area contributed by atoms with Crippen molar-refractivity contribution in [2.45, 2.75) is 13.8 Å². The van der Waals surface area contributed by atoms with Crippen molar-refractivity contribution in [2.75, 3.05) is 0 Å². The lowest BCUT2D eigenvalue weighted by Gasteiger charge is -2.05. The average Bonchev–Trinajstić information content (AvgIpc) is 2.93. The minimum absolute atomic E-state index is 0.892. The molecule has 7 nitrogen and oxygen atoms in total. The number of fused-ring (bicyclic) bond motifs is 1. The number of carbonyl (C=O) groups is 2. The molecule has 0 aliphatic carbocycles. The molecular weight excluding hydrogens is 322 g/mol. The molecule has 0 spiro atoms. The number of hydrogen-bond donors (Lipinski definition) is 2. The van der Waals surface area contributed by atoms with E-state index in [1.807, 2.05) is 36.4 Å². The number of pyridine rings is 1. The number of benzene rings is 1. The van der Waals surface area contributed by atoms with Crippen LogP contribution in [0.5, 0.6) is 0 Å². The molecule has 0 bridgehead atoms. The van der Waals surface area contributed by atoms with Crippen LogP contribution in [-0.2, 0) is 9.59 Å². The van der Waals surface area contributed by atoms with Gasteiger partial charge in [0.1, 0.15) is 11.6 Å². The minimum atomic E-state index is -1.82. The molecule has 1 aromatic carbocycles. The summed E-state index contributed by atoms with van der Waals surface area (Å²) in [6.07, 6.45) is 3.88. The van der Waals surface area contributed by atoms with Crippen LogP contribution in [-0.4, -0.2) is 36.7 Å². The Morgan fingerprint density at radius 2 is 1.64 bits per heavy atom. The van der Waals surface area contributed by atoms with Gasteiger partial charge in [-0.2, -0.15) is 0 Å². The van der Waals surface area contributed by atoms with E-state index < -0.39 is 11.9 Å². The smallest absolute Gasteiger partial charge is 0.414 e. The van der Waals surface area contributed by atoms with Gasteiger partial charge in [-0.05, 0) is 44.2 Å². The summed E-state index contributed by atoms with van der Waals surface area (Å²) < 4.78 is 2.09. The Balaban J connectivity index is 0.000000326. The van der Waals surface area contributed by atoms with Crippen molar-refractivity contribution in [2.24, 2.45) is 0 Å². The van der Waals surface area contributed by atoms with Crippen molar-refractivity contribution in [3.05, 3.63) is 60.1 Å². The van der Waals surface area contributed by atoms with E-state index in [-0.39, 0.29) is 0 Å². The maximum absolute atomic E-state index is 9.10. The number of imidazole rings is 1. The Kier molecular flexibility index (Phi) is 5.62. The van der Waals surface area contributed by atoms with Gasteiger partial charge >= 0.3 is 11.9 Å². The second-order valence-electron chi connectivity index (χ2n) is 5.31. The molecule has 0 radical (unpaired) electrons. The molecule has 0 aliphatic rings. The molecule has 0 unspecified atom stereocenters. The number of nitrogens with zero attached hydrogens (tertiary/aromatic N) is 3. The zero-order valence-corrected chi connectivity index (χ0v) is 13.7. The van der Waals surface area contributed by atoms with Crippen LogP contribution in [0.1, 0.15) is 19.7 Å². The number of aliphatic carboxylic acids is 2. The molecule has 3 rings (SSSR count). The first kappa shape index (κ1) is 17.9. The van der Waals surface area contributed by atoms with Gasteiger partial charge in [0.25, 0.3) is 0 Å². The van der Waals surface area contributed by atoms with Crippen LogP contribution in [0.25, 0.3) is 22.9 Å². The van der Waals surface area contributed by atoms with Crippen LogP contribution in [0.2, 0.25) is 0 Å². The van der Waals surface area contributed by atoms with Crippen molar-refractivity contribution >= 4 is 29.0 Å². The van der Waals surface area contributed by atoms with Gasteiger partial charge in [-0.3, -0.25) is 4.57 Å². The molecule has 2 heterocycles. The molecule has 0 amide bonds. The summed E-state index contributed by atoms with van der Waals surface area (Å²) in [6.45, 7) is 4.14. The molecule has 2 aromatic heterocycles. The van der Waals surface area contributed by atoms with Crippen LogP contribution < -0.4 is 0 Å². The highest BCUT2D eigenvalue weighted by Crippen LogP contribution is 2.21. The summed E-state index contributed by atoms with van der Waals surface area (Å²) in [5, 5.41) is 14.8. The Hall–Kier alpha value is -3.48. The maximum atomic E-state index is 9.10. The molecule has 128 valence electrons. The van der Waals surface area contributed by atoms with E-state index in [4.69, 9.17) is 19.8 Å². The lowest BCUT2D eigenvalue weighted by molar-refractivity contribution is -0.159. The number of hydrogen-bond acceptors (Lipinski definition) is 4. The number of rotatable bonds is 2. The maximum Gasteiger partial charge on any atom is 0.414 e. The standard InChI is InChI=1S/C16H15N3.C2H2O4/c1-12(2)11-16-18-13-7-3-4-8-14(13)19(16)15-9-5-6-10-17-15;3-1(4)2(5)6/h3-11H,1-2H3;(H,3,4)(H,5,6). The normalized spacial score (nSPS) is 9.84. The van der Waals surface area contributed by atoms with E-state index in [2.05, 4.69) is 40.5 Å². The fraction of sp³-hybridized carbons (Fsp3) is 0.111. The van der Waals surface area contributed by atoms with Gasteiger partial charge < -0.3 is 10.2 Å². The molecule has 7 heteroatoms. The molecule has 0 atom stereocenters. The second-order valence-corrected chi connectivity index (χ2v) is 5.31. The zero-order chi connectivity index (χ0) is 18.4. The summed E-state index contributed by atoms with van der Waals surface area (Å²) >= 11 is 0. The molecular formula is C18H17N3O4. The van der Waals surface area contributed by atoms with E-state index in [0.717, 1.165) is 22.7 Å². The summed E-state index contributed by atoms with van der Waals surface area (Å²) in [5.74, 6) is -1.84. The second kappa shape index (κ2) is 7.87. The van der Waals surface area contributed by atoms with Crippen LogP contribution >= 0.6 is 0 Å². The van der Waals surface area contributed by atoms with Gasteiger partial charge in [-0.15, -0.1) is 0 Å². The van der Waals surface area contributed by atoms with Gasteiger partial charge in [0.2, 0.25) is 0 Å². The number of carboxylic acids is 2. The number of allylic oxidation sites excluding steroid dienone is 1. The summed E-state index contributed by atoms with van der Waals surface area (Å²) in [4.78, 5) is 27.3. The molecule has 0 saturated carbocycles. The Bertz CT molecular complexity index is 914. The quantitative estimate of drug-likeness (QED) is 0.695. The van der Waals surface area contributed by atoms with Crippen molar-refractivity contribution in [1.82, 2.24) is 14.5 Å². The molecule has 0 aliphatic heterocycles. The predicted molar refractivity (Wildman–Crippen MR) is 93.5 cm³/mol. The summed E-state index contributed by atoms with van der Waals surface area (Å²) in [5.41, 5.74) is 3.28. The van der Waals surface area contributed by atoms with Crippen LogP contribution in [0.15, 0.2) is 54.2 Å². The van der Waals surface area contributed by atoms with E-state index in [1.54, 1.807) is 6.20 Å². The fourth-order valence-corrected chi connectivity index (χ4v) is 2.13. The van der Waals surface area contributed by atoms with E-state index >= 15 is 0 Å². The van der Waals surface area contributed by atoms with Crippen molar-refractivity contribution in [3.8, 4) is 5.82 Å². The number of para-hydroxylation sites is 2. The van der Waals surface area contributed by atoms with Gasteiger partial charge in [-0.1, -0.05) is 23.8 Å². The summed E-state index contributed by atoms with van der Waals surface area (Å²) in [7, 11) is 0. The minimum Gasteiger partial charge on any atom is -0.473 e. The fourth-order valence-electron chi connectivity index (χ4n) is 2.13. The number of aromatic nitrogens is 3. The average molecular weight is 339 g/mol. The van der Waals surface area contributed by atoms with Crippen LogP contribution in [0, 0.1) is 0 Å². The van der Waals surface area contributed by atoms with Crippen molar-refractivity contribution in [3.63, 3.8) is 0 Å². The third kappa shape index (κ3) is 4.51. The van der Waals surface area contributed by atoms with Gasteiger partial charge in [-0.25, -0.2) is 19.6 Å². The third-order valence-corrected chi connectivity index (χ3v) is 3.07. The first-order valence-corrected chi connectivity index (χ1v) is 7.40. The predicted octanol–water partition coefficient (Wildman–Crippen LogP) is 3.00. The molecule has 25 heavy (non-hydrogen) atoms. The van der Waals surface area contributed by atoms with Gasteiger partial charge in [0, 0.05) is 6.20 Å². The zero-order valence-electron chi connectivity index (χ0n) is 13.7. The largest absolute Gasteiger partial charge is 0.473 e. The first-order chi connectivity index (χ1) is 11.9. The van der Waals surface area contributed by atoms with E-state index in [9.17, 15) is 0 Å². The van der Waals surface area contributed by atoms with E-state index in [1.165, 1.54) is 5.57 Å². The topological polar surface area (TPSA) is 105 Å². The van der Waals surface area contributed by atoms with E-state index in [0.29, 0.717) is 0 Å². The van der Waals surface area contributed by atoms with Crippen molar-refractivity contribution in [1.29, 1.82) is 0 Å². The molecule has 0 fully saturated rings. The van der Waals surface area contributed by atoms with Gasteiger partial charge in [0.05, 0.1) is 11.0 Å². The SMILES string of the molecule is CC(C)=Cc1nc2ccccc2n1-c1ccccn1.O=C(O)C(=O)O. The van der Waals surface area contributed by atoms with Crippen LogP contribution in [0.3, 0.4) is 0 Å². The first-order valence-electron chi connectivity index (χ1n) is 7.40. The lowest BCUT2D eigenvalue weighted by Crippen LogP contribution is -2.09. The molecule has 2 N–H and O–H groups in total. The molecule has 3 aromatic rings. The van der Waals surface area contributed by atoms with Crippen molar-refractivity contribution < 1.29 is 19.8 Å². The summed E-state index contributed by atoms with van der Waals surface area (Å²) in [6, 6.07) is 14.0. The highest BCUT2D eigenvalue weighted by molar-refractivity contribution is 6.27. The van der Waals surface area contributed by atoms with Gasteiger partial charge in [0.15, 0.2) is 0 Å². The Labute approximate surface area is 143 Å². The third-order valence-electron chi connectivity index (χ3n) is 3.07. The number of carboxylic acid groups (broad SMARTS) is 2. The Morgan fingerprint density at radius 3 is 2.20 bits per heavy atom. The Morgan fingerprint density at radius 1 is 1.00 bits per heavy atom. The highest BCUT2D eigenvalue weighted by atomic mass is 16.4. The molecule has 0 saturated heterocycles. The monoisotopic (exact) mass is 339 g/mol. The van der Waals surface area contributed by atoms with Crippen LogP contribution in [0.4, 0.5) is 0 Å². The lowest BCUT2D eigenvalue weighted by atomic mass is 10.3. The highest BCUT2D eigenvalue weighted by Gasteiger charge is 2.10.